The van der Waals surface area contributed by atoms with Gasteiger partial charge in [-0.3, -0.25) is 0 Å². The Bertz CT molecular complexity index is 411. The first-order chi connectivity index (χ1) is 14.8. The Morgan fingerprint density at radius 2 is 1.21 bits per heavy atom. The third-order valence-electron chi connectivity index (χ3n) is 3.61. The van der Waals surface area contributed by atoms with E-state index in [9.17, 15) is 4.79 Å². The van der Waals surface area contributed by atoms with Crippen LogP contribution < -0.4 is 0 Å². The van der Waals surface area contributed by atoms with E-state index >= 15 is 0 Å². The molecule has 0 bridgehead atoms. The smallest absolute Gasteiger partial charge is 0.435 e. The van der Waals surface area contributed by atoms with Crippen molar-refractivity contribution in [2.75, 3.05) is 67.3 Å². The van der Waals surface area contributed by atoms with Gasteiger partial charge in [-0.1, -0.05) is 72.9 Å². The Morgan fingerprint density at radius 1 is 0.769 bits per heavy atom. The van der Waals surface area contributed by atoms with Gasteiger partial charge in [0.05, 0.1) is 32.5 Å². The van der Waals surface area contributed by atoms with Crippen LogP contribution in [0.1, 0.15) is 94.0 Å². The van der Waals surface area contributed by atoms with E-state index in [1.165, 1.54) is 0 Å². The maximum atomic E-state index is 10.5. The SMILES string of the molecule is C.C.C.C.C.C.C.C.C=CC(=O)OCOCC(C)COC.CCO[Si](CCOC(C)COC)(OCC)OCC. The lowest BCUT2D eigenvalue weighted by molar-refractivity contribution is -0.151. The van der Waals surface area contributed by atoms with Crippen LogP contribution in [0.15, 0.2) is 12.7 Å². The van der Waals surface area contributed by atoms with Crippen LogP contribution >= 0.6 is 0 Å². The minimum atomic E-state index is -2.55. The van der Waals surface area contributed by atoms with Gasteiger partial charge in [0.1, 0.15) is 0 Å². The summed E-state index contributed by atoms with van der Waals surface area (Å²) in [5.74, 6) is -0.174. The van der Waals surface area contributed by atoms with Crippen molar-refractivity contribution in [2.45, 2.75) is 106 Å². The normalized spacial score (nSPS) is 10.4. The number of esters is 1. The second-order valence-electron chi connectivity index (χ2n) is 6.59. The Morgan fingerprint density at radius 3 is 1.56 bits per heavy atom. The molecule has 0 aliphatic heterocycles. The monoisotopic (exact) mass is 597 g/mol. The van der Waals surface area contributed by atoms with E-state index in [0.717, 1.165) is 6.08 Å². The van der Waals surface area contributed by atoms with Crippen molar-refractivity contribution in [1.82, 2.24) is 0 Å². The van der Waals surface area contributed by atoms with Crippen molar-refractivity contribution in [3.05, 3.63) is 12.7 Å². The molecule has 0 rings (SSSR count). The molecule has 10 heteroatoms. The van der Waals surface area contributed by atoms with Gasteiger partial charge >= 0.3 is 14.8 Å². The first kappa shape index (κ1) is 66.4. The molecule has 0 aromatic carbocycles. The fourth-order valence-corrected chi connectivity index (χ4v) is 4.78. The summed E-state index contributed by atoms with van der Waals surface area (Å²) < 4.78 is 42.4. The molecule has 0 aliphatic carbocycles. The summed E-state index contributed by atoms with van der Waals surface area (Å²) in [4.78, 5) is 10.5. The molecule has 0 aromatic rings. The standard InChI is InChI=1S/C12H28O5Si.C9H16O4.8CH4/c1-6-15-18(16-7-2,17-8-3)10-9-14-12(4)11-13-5;1-4-9(10)13-7-12-6-8(2)5-11-3;;;;;;;;/h12H,6-11H2,1-5H3;4,8H,1,5-7H2,2-3H3;8*1H4. The fourth-order valence-electron chi connectivity index (χ4n) is 2.41. The molecule has 39 heavy (non-hydrogen) atoms. The van der Waals surface area contributed by atoms with Crippen molar-refractivity contribution < 1.29 is 41.8 Å². The van der Waals surface area contributed by atoms with Crippen LogP contribution in [0.5, 0.6) is 0 Å². The fraction of sp³-hybridized carbons (Fsp3) is 0.897. The third-order valence-corrected chi connectivity index (χ3v) is 6.61. The molecule has 9 nitrogen and oxygen atoms in total. The Labute approximate surface area is 248 Å². The van der Waals surface area contributed by atoms with E-state index in [1.54, 1.807) is 14.2 Å². The van der Waals surface area contributed by atoms with Crippen molar-refractivity contribution in [1.29, 1.82) is 0 Å². The molecule has 0 radical (unpaired) electrons. The minimum Gasteiger partial charge on any atom is -0.435 e. The molecule has 0 spiro atoms. The van der Waals surface area contributed by atoms with Crippen LogP contribution in [0.2, 0.25) is 6.04 Å². The summed E-state index contributed by atoms with van der Waals surface area (Å²) in [5, 5.41) is 0. The van der Waals surface area contributed by atoms with Crippen LogP contribution in [-0.4, -0.2) is 88.1 Å². The number of hydrogen-bond acceptors (Lipinski definition) is 9. The molecule has 0 aromatic heterocycles. The zero-order valence-electron chi connectivity index (χ0n) is 20.5. The van der Waals surface area contributed by atoms with Gasteiger partial charge in [0.15, 0.2) is 6.79 Å². The quantitative estimate of drug-likeness (QED) is 0.0481. The van der Waals surface area contributed by atoms with Crippen LogP contribution in [-0.2, 0) is 41.8 Å². The van der Waals surface area contributed by atoms with Gasteiger partial charge < -0.3 is 37.0 Å². The number of methoxy groups -OCH3 is 2. The molecule has 0 amide bonds. The van der Waals surface area contributed by atoms with Gasteiger partial charge in [-0.2, -0.15) is 0 Å². The van der Waals surface area contributed by atoms with Gasteiger partial charge in [-0.15, -0.1) is 0 Å². The van der Waals surface area contributed by atoms with Crippen LogP contribution in [0.3, 0.4) is 0 Å². The molecular weight excluding hydrogens is 520 g/mol. The minimum absolute atomic E-state index is 0. The molecule has 0 N–H and O–H groups in total. The largest absolute Gasteiger partial charge is 0.503 e. The first-order valence-electron chi connectivity index (χ1n) is 10.7. The van der Waals surface area contributed by atoms with Gasteiger partial charge in [0.2, 0.25) is 0 Å². The van der Waals surface area contributed by atoms with Gasteiger partial charge in [0, 0.05) is 52.1 Å². The van der Waals surface area contributed by atoms with E-state index in [2.05, 4.69) is 11.3 Å². The highest BCUT2D eigenvalue weighted by Gasteiger charge is 2.40. The Balaban J connectivity index is -0.0000000461. The summed E-state index contributed by atoms with van der Waals surface area (Å²) in [6.07, 6.45) is 1.17. The summed E-state index contributed by atoms with van der Waals surface area (Å²) in [6, 6.07) is 0.677. The highest BCUT2D eigenvalue weighted by Crippen LogP contribution is 2.16. The Kier molecular flexibility index (Phi) is 80.0. The summed E-state index contributed by atoms with van der Waals surface area (Å²) >= 11 is 0. The molecule has 0 aliphatic rings. The lowest BCUT2D eigenvalue weighted by Gasteiger charge is -2.28. The van der Waals surface area contributed by atoms with E-state index in [0.29, 0.717) is 58.2 Å². The molecule has 0 saturated carbocycles. The first-order valence-corrected chi connectivity index (χ1v) is 12.7. The Hall–Kier alpha value is -0.853. The lowest BCUT2D eigenvalue weighted by Crippen LogP contribution is -2.47. The maximum Gasteiger partial charge on any atom is 0.503 e. The number of rotatable bonds is 19. The summed E-state index contributed by atoms with van der Waals surface area (Å²) in [5.41, 5.74) is 0. The molecule has 0 fully saturated rings. The van der Waals surface area contributed by atoms with E-state index in [-0.39, 0.29) is 72.3 Å². The molecular formula is C29H76O9Si. The second kappa shape index (κ2) is 47.0. The third kappa shape index (κ3) is 41.8. The zero-order chi connectivity index (χ0) is 24.0. The average Bonchev–Trinajstić information content (AvgIpc) is 2.72. The highest BCUT2D eigenvalue weighted by molar-refractivity contribution is 6.60. The van der Waals surface area contributed by atoms with Crippen LogP contribution in [0.25, 0.3) is 0 Å². The number of carbonyl (C=O) groups excluding carboxylic acids is 1. The molecule has 250 valence electrons. The van der Waals surface area contributed by atoms with E-state index in [4.69, 9.17) is 32.2 Å². The van der Waals surface area contributed by atoms with Crippen molar-refractivity contribution >= 4 is 14.8 Å². The van der Waals surface area contributed by atoms with Crippen molar-refractivity contribution in [3.8, 4) is 0 Å². The van der Waals surface area contributed by atoms with E-state index in [1.807, 2.05) is 34.6 Å². The number of carbonyl (C=O) groups is 1. The van der Waals surface area contributed by atoms with Gasteiger partial charge in [-0.05, 0) is 27.7 Å². The van der Waals surface area contributed by atoms with Crippen LogP contribution in [0, 0.1) is 5.92 Å². The number of ether oxygens (including phenoxy) is 5. The maximum absolute atomic E-state index is 10.5. The highest BCUT2D eigenvalue weighted by atomic mass is 28.4. The number of hydrogen-bond donors (Lipinski definition) is 0. The van der Waals surface area contributed by atoms with Gasteiger partial charge in [-0.25, -0.2) is 4.79 Å². The lowest BCUT2D eigenvalue weighted by atomic mass is 10.2. The predicted molar refractivity (Wildman–Crippen MR) is 175 cm³/mol. The van der Waals surface area contributed by atoms with Crippen LogP contribution in [0.4, 0.5) is 0 Å². The van der Waals surface area contributed by atoms with Crippen molar-refractivity contribution in [2.24, 2.45) is 5.92 Å². The molecule has 0 heterocycles. The molecule has 2 atom stereocenters. The molecule has 0 saturated heterocycles. The average molecular weight is 597 g/mol. The topological polar surface area (TPSA) is 90.9 Å². The summed E-state index contributed by atoms with van der Waals surface area (Å²) in [7, 11) is 0.748. The summed E-state index contributed by atoms with van der Waals surface area (Å²) in [6.45, 7) is 17.1. The predicted octanol–water partition coefficient (Wildman–Crippen LogP) is 8.15. The van der Waals surface area contributed by atoms with Gasteiger partial charge in [0.25, 0.3) is 0 Å². The van der Waals surface area contributed by atoms with E-state index < -0.39 is 14.8 Å². The second-order valence-corrected chi connectivity index (χ2v) is 9.32. The molecule has 2 unspecified atom stereocenters. The van der Waals surface area contributed by atoms with Crippen molar-refractivity contribution in [3.63, 3.8) is 0 Å². The zero-order valence-corrected chi connectivity index (χ0v) is 21.5.